The van der Waals surface area contributed by atoms with Gasteiger partial charge >= 0.3 is 6.03 Å². The number of hydrogen-bond donors (Lipinski definition) is 3. The standard InChI is InChI=1S/C25H27FN4O4/c1-15(32)30-14-25(9-10-29(13-25)24(33)28-19-6-4-3-5-18(19)26)22-17-8-7-16(34-2)11-20(17)27-23(22)21(30)12-31/h3-8,11,21,27,31H,9-10,12-14H2,1-2H3,(H,28,33)/t21-,25+/m0/s1. The summed E-state index contributed by atoms with van der Waals surface area (Å²) in [6.45, 7) is 2.47. The van der Waals surface area contributed by atoms with Gasteiger partial charge in [0.15, 0.2) is 0 Å². The van der Waals surface area contributed by atoms with E-state index in [2.05, 4.69) is 10.3 Å². The Morgan fingerprint density at radius 2 is 2.06 bits per heavy atom. The number of methoxy groups -OCH3 is 1. The van der Waals surface area contributed by atoms with Crippen LogP contribution in [0.15, 0.2) is 42.5 Å². The molecule has 0 saturated carbocycles. The number of aliphatic hydroxyl groups is 1. The second-order valence-electron chi connectivity index (χ2n) is 9.03. The summed E-state index contributed by atoms with van der Waals surface area (Å²) in [6.07, 6.45) is 0.631. The molecule has 34 heavy (non-hydrogen) atoms. The van der Waals surface area contributed by atoms with Crippen molar-refractivity contribution in [2.24, 2.45) is 0 Å². The molecular formula is C25H27FN4O4. The number of ether oxygens (including phenoxy) is 1. The number of H-pyrrole nitrogens is 1. The topological polar surface area (TPSA) is 97.9 Å². The third-order valence-electron chi connectivity index (χ3n) is 7.08. The molecule has 3 N–H and O–H groups in total. The van der Waals surface area contributed by atoms with Crippen LogP contribution in [0.5, 0.6) is 5.75 Å². The van der Waals surface area contributed by atoms with Crippen molar-refractivity contribution in [3.8, 4) is 5.75 Å². The molecule has 178 valence electrons. The number of fused-ring (bicyclic) bond motifs is 4. The Hall–Kier alpha value is -3.59. The quantitative estimate of drug-likeness (QED) is 0.551. The lowest BCUT2D eigenvalue weighted by Crippen LogP contribution is -2.52. The molecule has 2 aliphatic rings. The number of hydrogen-bond acceptors (Lipinski definition) is 4. The minimum absolute atomic E-state index is 0.127. The Bertz CT molecular complexity index is 1280. The van der Waals surface area contributed by atoms with Crippen LogP contribution < -0.4 is 10.1 Å². The molecule has 0 radical (unpaired) electrons. The molecule has 1 saturated heterocycles. The van der Waals surface area contributed by atoms with Gasteiger partial charge in [0.25, 0.3) is 0 Å². The number of amides is 3. The Morgan fingerprint density at radius 3 is 2.76 bits per heavy atom. The van der Waals surface area contributed by atoms with Gasteiger partial charge in [0, 0.05) is 54.6 Å². The molecule has 0 aliphatic carbocycles. The number of rotatable bonds is 3. The number of urea groups is 1. The van der Waals surface area contributed by atoms with Gasteiger partial charge in [0.05, 0.1) is 25.4 Å². The summed E-state index contributed by atoms with van der Waals surface area (Å²) in [5, 5.41) is 13.8. The fourth-order valence-corrected chi connectivity index (χ4v) is 5.47. The van der Waals surface area contributed by atoms with Gasteiger partial charge in [-0.3, -0.25) is 4.79 Å². The zero-order valence-electron chi connectivity index (χ0n) is 19.1. The first-order valence-corrected chi connectivity index (χ1v) is 11.3. The molecule has 3 amide bonds. The summed E-state index contributed by atoms with van der Waals surface area (Å²) in [5.41, 5.74) is 2.25. The van der Waals surface area contributed by atoms with Crippen molar-refractivity contribution < 1.29 is 23.8 Å². The Labute approximate surface area is 196 Å². The maximum Gasteiger partial charge on any atom is 0.321 e. The Kier molecular flexibility index (Phi) is 5.44. The van der Waals surface area contributed by atoms with Crippen molar-refractivity contribution in [3.63, 3.8) is 0 Å². The number of benzene rings is 2. The van der Waals surface area contributed by atoms with Gasteiger partial charge in [-0.15, -0.1) is 0 Å². The lowest BCUT2D eigenvalue weighted by molar-refractivity contribution is -0.134. The molecule has 9 heteroatoms. The molecule has 1 spiro atoms. The van der Waals surface area contributed by atoms with Gasteiger partial charge in [0.2, 0.25) is 5.91 Å². The summed E-state index contributed by atoms with van der Waals surface area (Å²) in [4.78, 5) is 32.4. The number of likely N-dealkylation sites (tertiary alicyclic amines) is 1. The van der Waals surface area contributed by atoms with Crippen LogP contribution in [0.1, 0.15) is 30.6 Å². The summed E-state index contributed by atoms with van der Waals surface area (Å²) < 4.78 is 19.5. The van der Waals surface area contributed by atoms with E-state index >= 15 is 0 Å². The smallest absolute Gasteiger partial charge is 0.321 e. The van der Waals surface area contributed by atoms with Crippen molar-refractivity contribution >= 4 is 28.5 Å². The second-order valence-corrected chi connectivity index (χ2v) is 9.03. The van der Waals surface area contributed by atoms with E-state index in [0.717, 1.165) is 22.2 Å². The third-order valence-corrected chi connectivity index (χ3v) is 7.08. The van der Waals surface area contributed by atoms with E-state index in [-0.39, 0.29) is 24.2 Å². The molecule has 2 aliphatic heterocycles. The number of aromatic amines is 1. The minimum Gasteiger partial charge on any atom is -0.497 e. The zero-order valence-corrected chi connectivity index (χ0v) is 19.1. The summed E-state index contributed by atoms with van der Waals surface area (Å²) in [5.74, 6) is 0.0554. The van der Waals surface area contributed by atoms with E-state index < -0.39 is 17.3 Å². The lowest BCUT2D eigenvalue weighted by atomic mass is 9.73. The molecule has 3 heterocycles. The highest BCUT2D eigenvalue weighted by molar-refractivity contribution is 5.91. The normalized spacial score (nSPS) is 21.7. The van der Waals surface area contributed by atoms with Gasteiger partial charge in [-0.1, -0.05) is 12.1 Å². The van der Waals surface area contributed by atoms with E-state index in [1.165, 1.54) is 19.1 Å². The van der Waals surface area contributed by atoms with Gasteiger partial charge < -0.3 is 29.9 Å². The Morgan fingerprint density at radius 1 is 1.26 bits per heavy atom. The van der Waals surface area contributed by atoms with E-state index in [1.807, 2.05) is 18.2 Å². The lowest BCUT2D eigenvalue weighted by Gasteiger charge is -2.44. The largest absolute Gasteiger partial charge is 0.497 e. The SMILES string of the molecule is COc1ccc2c3c([nH]c2c1)[C@H](CO)N(C(C)=O)C[C@]31CCN(C(=O)Nc2ccccc2F)C1. The van der Waals surface area contributed by atoms with Crippen LogP contribution in [0.4, 0.5) is 14.9 Å². The highest BCUT2D eigenvalue weighted by atomic mass is 19.1. The monoisotopic (exact) mass is 466 g/mol. The van der Waals surface area contributed by atoms with Crippen molar-refractivity contribution in [1.82, 2.24) is 14.8 Å². The molecule has 8 nitrogen and oxygen atoms in total. The molecule has 2 aromatic carbocycles. The van der Waals surface area contributed by atoms with Gasteiger partial charge in [-0.2, -0.15) is 0 Å². The van der Waals surface area contributed by atoms with E-state index in [9.17, 15) is 19.1 Å². The van der Waals surface area contributed by atoms with Crippen LogP contribution in [0, 0.1) is 5.82 Å². The number of carbonyl (C=O) groups is 2. The number of carbonyl (C=O) groups excluding carboxylic acids is 2. The number of anilines is 1. The first kappa shape index (κ1) is 22.2. The fraction of sp³-hybridized carbons (Fsp3) is 0.360. The van der Waals surface area contributed by atoms with Crippen molar-refractivity contribution in [3.05, 3.63) is 59.5 Å². The maximum absolute atomic E-state index is 14.1. The molecule has 5 rings (SSSR count). The molecule has 2 atom stereocenters. The van der Waals surface area contributed by atoms with Crippen LogP contribution >= 0.6 is 0 Å². The average molecular weight is 467 g/mol. The van der Waals surface area contributed by atoms with Crippen LogP contribution in [0.2, 0.25) is 0 Å². The predicted octanol–water partition coefficient (Wildman–Crippen LogP) is 3.39. The van der Waals surface area contributed by atoms with Crippen molar-refractivity contribution in [1.29, 1.82) is 0 Å². The van der Waals surface area contributed by atoms with Crippen LogP contribution in [0.25, 0.3) is 10.9 Å². The average Bonchev–Trinajstić information content (AvgIpc) is 3.42. The number of para-hydroxylation sites is 1. The highest BCUT2D eigenvalue weighted by Gasteiger charge is 2.51. The number of nitrogens with one attached hydrogen (secondary N) is 2. The van der Waals surface area contributed by atoms with Gasteiger partial charge in [-0.25, -0.2) is 9.18 Å². The molecular weight excluding hydrogens is 439 g/mol. The van der Waals surface area contributed by atoms with Crippen LogP contribution in [0.3, 0.4) is 0 Å². The van der Waals surface area contributed by atoms with Crippen LogP contribution in [-0.2, 0) is 10.2 Å². The van der Waals surface area contributed by atoms with Crippen molar-refractivity contribution in [2.75, 3.05) is 38.7 Å². The van der Waals surface area contributed by atoms with Gasteiger partial charge in [-0.05, 0) is 36.2 Å². The second kappa shape index (κ2) is 8.32. The van der Waals surface area contributed by atoms with Crippen LogP contribution in [-0.4, -0.2) is 65.2 Å². The number of nitrogens with zero attached hydrogens (tertiary/aromatic N) is 2. The third kappa shape index (κ3) is 3.47. The number of aliphatic hydroxyl groups excluding tert-OH is 1. The van der Waals surface area contributed by atoms with E-state index in [4.69, 9.17) is 4.74 Å². The molecule has 1 aromatic heterocycles. The predicted molar refractivity (Wildman–Crippen MR) is 125 cm³/mol. The summed E-state index contributed by atoms with van der Waals surface area (Å²) in [6, 6.07) is 10.9. The summed E-state index contributed by atoms with van der Waals surface area (Å²) >= 11 is 0. The number of aromatic nitrogens is 1. The maximum atomic E-state index is 14.1. The highest BCUT2D eigenvalue weighted by Crippen LogP contribution is 2.48. The van der Waals surface area contributed by atoms with Crippen molar-refractivity contribution in [2.45, 2.75) is 24.8 Å². The van der Waals surface area contributed by atoms with E-state index in [1.54, 1.807) is 29.0 Å². The Balaban J connectivity index is 1.55. The zero-order chi connectivity index (χ0) is 24.0. The molecule has 1 fully saturated rings. The first-order valence-electron chi connectivity index (χ1n) is 11.3. The first-order chi connectivity index (χ1) is 16.4. The van der Waals surface area contributed by atoms with Gasteiger partial charge in [0.1, 0.15) is 11.6 Å². The fourth-order valence-electron chi connectivity index (χ4n) is 5.47. The number of halogens is 1. The summed E-state index contributed by atoms with van der Waals surface area (Å²) in [7, 11) is 1.60. The van der Waals surface area contributed by atoms with E-state index in [0.29, 0.717) is 31.8 Å². The minimum atomic E-state index is -0.522. The molecule has 0 unspecified atom stereocenters. The molecule has 3 aromatic rings. The molecule has 0 bridgehead atoms.